The third-order valence-electron chi connectivity index (χ3n) is 4.13. The Labute approximate surface area is 121 Å². The van der Waals surface area contributed by atoms with Crippen molar-refractivity contribution in [3.05, 3.63) is 69.8 Å². The van der Waals surface area contributed by atoms with Gasteiger partial charge in [-0.25, -0.2) is 0 Å². The Morgan fingerprint density at radius 3 is 2.00 bits per heavy atom. The summed E-state index contributed by atoms with van der Waals surface area (Å²) in [6.45, 7) is 8.26. The minimum atomic E-state index is 0.260. The second-order valence-electron chi connectivity index (χ2n) is 5.54. The lowest BCUT2D eigenvalue weighted by Crippen LogP contribution is -2.08. The van der Waals surface area contributed by atoms with Gasteiger partial charge < -0.3 is 0 Å². The van der Waals surface area contributed by atoms with Gasteiger partial charge in [0.1, 0.15) is 0 Å². The van der Waals surface area contributed by atoms with Crippen LogP contribution in [0.2, 0.25) is 0 Å². The Bertz CT molecular complexity index is 598. The van der Waals surface area contributed by atoms with E-state index in [1.54, 1.807) is 0 Å². The van der Waals surface area contributed by atoms with Gasteiger partial charge in [-0.1, -0.05) is 36.4 Å². The fourth-order valence-electron chi connectivity index (χ4n) is 2.66. The molecule has 0 fully saturated rings. The Morgan fingerprint density at radius 1 is 0.900 bits per heavy atom. The van der Waals surface area contributed by atoms with Gasteiger partial charge >= 0.3 is 0 Å². The van der Waals surface area contributed by atoms with Crippen molar-refractivity contribution < 1.29 is 4.79 Å². The molecule has 0 N–H and O–H groups in total. The largest absolute Gasteiger partial charge is 0.294 e. The third-order valence-corrected chi connectivity index (χ3v) is 4.13. The minimum Gasteiger partial charge on any atom is -0.294 e. The lowest BCUT2D eigenvalue weighted by Gasteiger charge is -2.14. The van der Waals surface area contributed by atoms with Crippen molar-refractivity contribution in [3.8, 4) is 0 Å². The van der Waals surface area contributed by atoms with Gasteiger partial charge in [0.25, 0.3) is 0 Å². The summed E-state index contributed by atoms with van der Waals surface area (Å²) in [6.07, 6.45) is 1.39. The van der Waals surface area contributed by atoms with E-state index >= 15 is 0 Å². The molecule has 0 aliphatic heterocycles. The highest BCUT2D eigenvalue weighted by Crippen LogP contribution is 2.23. The van der Waals surface area contributed by atoms with Gasteiger partial charge in [0.2, 0.25) is 0 Å². The van der Waals surface area contributed by atoms with E-state index in [-0.39, 0.29) is 5.78 Å². The quantitative estimate of drug-likeness (QED) is 0.731. The van der Waals surface area contributed by atoms with E-state index in [9.17, 15) is 4.79 Å². The lowest BCUT2D eigenvalue weighted by molar-refractivity contribution is 0.0981. The molecule has 0 bridgehead atoms. The number of hydrogen-bond acceptors (Lipinski definition) is 1. The lowest BCUT2D eigenvalue weighted by atomic mass is 9.90. The summed E-state index contributed by atoms with van der Waals surface area (Å²) in [5.41, 5.74) is 6.82. The summed E-state index contributed by atoms with van der Waals surface area (Å²) >= 11 is 0. The average molecular weight is 266 g/mol. The van der Waals surface area contributed by atoms with Crippen LogP contribution in [0.1, 0.15) is 44.6 Å². The fourth-order valence-corrected chi connectivity index (χ4v) is 2.66. The Balaban J connectivity index is 2.22. The predicted octanol–water partition coefficient (Wildman–Crippen LogP) is 4.74. The van der Waals surface area contributed by atoms with Crippen LogP contribution in [0.5, 0.6) is 0 Å². The van der Waals surface area contributed by atoms with Crippen molar-refractivity contribution in [2.75, 3.05) is 0 Å². The third kappa shape index (κ3) is 2.98. The van der Waals surface area contributed by atoms with Crippen molar-refractivity contribution in [3.63, 3.8) is 0 Å². The van der Waals surface area contributed by atoms with Crippen LogP contribution in [-0.4, -0.2) is 5.78 Å². The summed E-state index contributed by atoms with van der Waals surface area (Å²) in [7, 11) is 0. The van der Waals surface area contributed by atoms with Crippen LogP contribution in [0.15, 0.2) is 36.4 Å². The molecule has 0 unspecified atom stereocenters. The molecule has 20 heavy (non-hydrogen) atoms. The van der Waals surface area contributed by atoms with E-state index in [1.165, 1.54) is 16.7 Å². The summed E-state index contributed by atoms with van der Waals surface area (Å²) in [5, 5.41) is 0. The fraction of sp³-hybridized carbons (Fsp3) is 0.316. The molecule has 1 nitrogen and oxygen atoms in total. The first-order valence-corrected chi connectivity index (χ1v) is 7.15. The van der Waals surface area contributed by atoms with E-state index in [2.05, 4.69) is 45.9 Å². The van der Waals surface area contributed by atoms with E-state index < -0.39 is 0 Å². The summed E-state index contributed by atoms with van der Waals surface area (Å²) in [6, 6.07) is 12.4. The molecule has 0 amide bonds. The van der Waals surface area contributed by atoms with Crippen LogP contribution in [0, 0.1) is 27.7 Å². The molecule has 1 heteroatoms. The minimum absolute atomic E-state index is 0.260. The highest BCUT2D eigenvalue weighted by Gasteiger charge is 2.15. The molecule has 0 aliphatic carbocycles. The van der Waals surface area contributed by atoms with E-state index in [0.717, 1.165) is 23.1 Å². The van der Waals surface area contributed by atoms with Gasteiger partial charge in [0, 0.05) is 12.0 Å². The van der Waals surface area contributed by atoms with Crippen molar-refractivity contribution in [1.82, 2.24) is 0 Å². The smallest absolute Gasteiger partial charge is 0.163 e. The molecule has 2 aromatic carbocycles. The molecule has 0 saturated carbocycles. The number of benzene rings is 2. The molecule has 0 saturated heterocycles. The van der Waals surface area contributed by atoms with Gasteiger partial charge in [0.15, 0.2) is 5.78 Å². The molecule has 0 radical (unpaired) electrons. The van der Waals surface area contributed by atoms with Crippen LogP contribution >= 0.6 is 0 Å². The zero-order valence-corrected chi connectivity index (χ0v) is 12.8. The Kier molecular flexibility index (Phi) is 4.39. The van der Waals surface area contributed by atoms with Crippen molar-refractivity contribution in [2.24, 2.45) is 0 Å². The van der Waals surface area contributed by atoms with Gasteiger partial charge in [-0.3, -0.25) is 4.79 Å². The van der Waals surface area contributed by atoms with Crippen LogP contribution in [-0.2, 0) is 6.42 Å². The van der Waals surface area contributed by atoms with Crippen molar-refractivity contribution in [1.29, 1.82) is 0 Å². The highest BCUT2D eigenvalue weighted by atomic mass is 16.1. The molecule has 0 aliphatic rings. The topological polar surface area (TPSA) is 17.1 Å². The predicted molar refractivity (Wildman–Crippen MR) is 84.5 cm³/mol. The second kappa shape index (κ2) is 6.04. The summed E-state index contributed by atoms with van der Waals surface area (Å²) in [5.74, 6) is 0.260. The van der Waals surface area contributed by atoms with Crippen LogP contribution in [0.25, 0.3) is 0 Å². The number of carbonyl (C=O) groups is 1. The number of hydrogen-bond donors (Lipinski definition) is 0. The van der Waals surface area contributed by atoms with Crippen molar-refractivity contribution in [2.45, 2.75) is 40.5 Å². The van der Waals surface area contributed by atoms with Gasteiger partial charge in [0.05, 0.1) is 0 Å². The van der Waals surface area contributed by atoms with Gasteiger partial charge in [-0.05, 0) is 61.9 Å². The first kappa shape index (κ1) is 14.5. The molecule has 104 valence electrons. The molecule has 0 atom stereocenters. The monoisotopic (exact) mass is 266 g/mol. The maximum atomic E-state index is 12.6. The molecule has 2 aromatic rings. The first-order chi connectivity index (χ1) is 9.50. The number of carbonyl (C=O) groups excluding carboxylic acids is 1. The molecule has 0 spiro atoms. The second-order valence-corrected chi connectivity index (χ2v) is 5.54. The molecule has 0 aromatic heterocycles. The Morgan fingerprint density at radius 2 is 1.45 bits per heavy atom. The van der Waals surface area contributed by atoms with Crippen LogP contribution in [0.3, 0.4) is 0 Å². The summed E-state index contributed by atoms with van der Waals surface area (Å²) < 4.78 is 0. The van der Waals surface area contributed by atoms with Gasteiger partial charge in [-0.2, -0.15) is 0 Å². The van der Waals surface area contributed by atoms with E-state index in [0.29, 0.717) is 6.42 Å². The average Bonchev–Trinajstić information content (AvgIpc) is 2.44. The number of Topliss-reactive ketones (excluding diaryl/α,β-unsaturated/α-hetero) is 1. The maximum absolute atomic E-state index is 12.6. The number of aryl methyl sites for hydroxylation is 3. The molecule has 0 heterocycles. The van der Waals surface area contributed by atoms with Gasteiger partial charge in [-0.15, -0.1) is 0 Å². The van der Waals surface area contributed by atoms with Crippen LogP contribution in [0.4, 0.5) is 0 Å². The highest BCUT2D eigenvalue weighted by molar-refractivity contribution is 5.99. The maximum Gasteiger partial charge on any atom is 0.163 e. The van der Waals surface area contributed by atoms with Crippen LogP contribution < -0.4 is 0 Å². The standard InChI is InChI=1S/C19H22O/c1-13-12-14(2)16(4)19(15(13)3)18(20)11-10-17-8-6-5-7-9-17/h5-9,12H,10-11H2,1-4H3. The zero-order chi connectivity index (χ0) is 14.7. The number of ketones is 1. The van der Waals surface area contributed by atoms with E-state index in [4.69, 9.17) is 0 Å². The van der Waals surface area contributed by atoms with Crippen molar-refractivity contribution >= 4 is 5.78 Å². The molecular formula is C19H22O. The Hall–Kier alpha value is -1.89. The first-order valence-electron chi connectivity index (χ1n) is 7.15. The zero-order valence-electron chi connectivity index (χ0n) is 12.8. The molecule has 2 rings (SSSR count). The normalized spacial score (nSPS) is 10.6. The SMILES string of the molecule is Cc1cc(C)c(C)c(C(=O)CCc2ccccc2)c1C. The summed E-state index contributed by atoms with van der Waals surface area (Å²) in [4.78, 5) is 12.6. The molecular weight excluding hydrogens is 244 g/mol. The number of rotatable bonds is 4. The van der Waals surface area contributed by atoms with E-state index in [1.807, 2.05) is 18.2 Å².